The van der Waals surface area contributed by atoms with E-state index in [4.69, 9.17) is 10.5 Å². The number of amides is 1. The van der Waals surface area contributed by atoms with Crippen LogP contribution in [0.1, 0.15) is 5.56 Å². The van der Waals surface area contributed by atoms with Gasteiger partial charge in [-0.3, -0.25) is 14.5 Å². The van der Waals surface area contributed by atoms with Gasteiger partial charge in [-0.2, -0.15) is 0 Å². The SMILES string of the molecule is NC(=O)C1COCCN1CC(=O)Cc1ccccc1. The van der Waals surface area contributed by atoms with Gasteiger partial charge in [-0.1, -0.05) is 30.3 Å². The Morgan fingerprint density at radius 1 is 1.32 bits per heavy atom. The molecule has 0 spiro atoms. The van der Waals surface area contributed by atoms with Crippen molar-refractivity contribution in [2.45, 2.75) is 12.5 Å². The molecule has 0 radical (unpaired) electrons. The Labute approximate surface area is 112 Å². The number of nitrogens with zero attached hydrogens (tertiary/aromatic N) is 1. The number of ether oxygens (including phenoxy) is 1. The largest absolute Gasteiger partial charge is 0.378 e. The molecule has 102 valence electrons. The van der Waals surface area contributed by atoms with E-state index in [1.54, 1.807) is 4.90 Å². The summed E-state index contributed by atoms with van der Waals surface area (Å²) in [4.78, 5) is 25.1. The summed E-state index contributed by atoms with van der Waals surface area (Å²) >= 11 is 0. The number of morpholine rings is 1. The van der Waals surface area contributed by atoms with Gasteiger partial charge in [-0.05, 0) is 5.56 Å². The van der Waals surface area contributed by atoms with Crippen molar-refractivity contribution in [3.8, 4) is 0 Å². The lowest BCUT2D eigenvalue weighted by atomic mass is 10.1. The van der Waals surface area contributed by atoms with Crippen molar-refractivity contribution in [1.29, 1.82) is 0 Å². The molecule has 1 amide bonds. The van der Waals surface area contributed by atoms with Gasteiger partial charge >= 0.3 is 0 Å². The second-order valence-electron chi connectivity index (χ2n) is 4.66. The van der Waals surface area contributed by atoms with E-state index in [1.165, 1.54) is 0 Å². The van der Waals surface area contributed by atoms with Gasteiger partial charge in [0.1, 0.15) is 6.04 Å². The highest BCUT2D eigenvalue weighted by Gasteiger charge is 2.28. The standard InChI is InChI=1S/C14H18N2O3/c15-14(18)13-10-19-7-6-16(13)9-12(17)8-11-4-2-1-3-5-11/h1-5,13H,6-10H2,(H2,15,18). The summed E-state index contributed by atoms with van der Waals surface area (Å²) in [7, 11) is 0. The molecule has 0 bridgehead atoms. The number of rotatable bonds is 5. The fourth-order valence-corrected chi connectivity index (χ4v) is 2.20. The third-order valence-electron chi connectivity index (χ3n) is 3.19. The topological polar surface area (TPSA) is 72.6 Å². The highest BCUT2D eigenvalue weighted by molar-refractivity contribution is 5.85. The first-order valence-electron chi connectivity index (χ1n) is 6.33. The quantitative estimate of drug-likeness (QED) is 0.809. The Bertz CT molecular complexity index is 447. The van der Waals surface area contributed by atoms with Gasteiger partial charge in [0.15, 0.2) is 5.78 Å². The third-order valence-corrected chi connectivity index (χ3v) is 3.19. The molecule has 1 aliphatic heterocycles. The van der Waals surface area contributed by atoms with Crippen LogP contribution >= 0.6 is 0 Å². The van der Waals surface area contributed by atoms with Crippen LogP contribution in [0.4, 0.5) is 0 Å². The second-order valence-corrected chi connectivity index (χ2v) is 4.66. The smallest absolute Gasteiger partial charge is 0.237 e. The third kappa shape index (κ3) is 3.87. The van der Waals surface area contributed by atoms with E-state index in [0.717, 1.165) is 5.56 Å². The number of primary amides is 1. The monoisotopic (exact) mass is 262 g/mol. The summed E-state index contributed by atoms with van der Waals surface area (Å²) < 4.78 is 5.22. The van der Waals surface area contributed by atoms with E-state index in [9.17, 15) is 9.59 Å². The van der Waals surface area contributed by atoms with E-state index >= 15 is 0 Å². The molecule has 1 saturated heterocycles. The number of ketones is 1. The highest BCUT2D eigenvalue weighted by atomic mass is 16.5. The summed E-state index contributed by atoms with van der Waals surface area (Å²) in [5.41, 5.74) is 6.30. The minimum atomic E-state index is -0.492. The van der Waals surface area contributed by atoms with E-state index < -0.39 is 11.9 Å². The molecular formula is C14H18N2O3. The van der Waals surface area contributed by atoms with E-state index in [2.05, 4.69) is 0 Å². The van der Waals surface area contributed by atoms with Crippen molar-refractivity contribution < 1.29 is 14.3 Å². The van der Waals surface area contributed by atoms with E-state index in [-0.39, 0.29) is 18.9 Å². The molecule has 2 N–H and O–H groups in total. The zero-order valence-corrected chi connectivity index (χ0v) is 10.7. The van der Waals surface area contributed by atoms with Crippen molar-refractivity contribution >= 4 is 11.7 Å². The predicted octanol–water partition coefficient (Wildman–Crippen LogP) is -0.0157. The molecule has 0 saturated carbocycles. The molecule has 0 aromatic heterocycles. The molecule has 1 unspecified atom stereocenters. The predicted molar refractivity (Wildman–Crippen MR) is 70.5 cm³/mol. The van der Waals surface area contributed by atoms with Gasteiger partial charge in [0.05, 0.1) is 19.8 Å². The molecule has 1 atom stereocenters. The molecule has 1 aromatic carbocycles. The maximum atomic E-state index is 12.0. The van der Waals surface area contributed by atoms with Crippen LogP contribution in [-0.4, -0.2) is 48.9 Å². The number of nitrogens with two attached hydrogens (primary N) is 1. The van der Waals surface area contributed by atoms with Crippen LogP contribution in [0.15, 0.2) is 30.3 Å². The van der Waals surface area contributed by atoms with Crippen LogP contribution < -0.4 is 5.73 Å². The number of hydrogen-bond donors (Lipinski definition) is 1. The van der Waals surface area contributed by atoms with Crippen LogP contribution in [-0.2, 0) is 20.7 Å². The van der Waals surface area contributed by atoms with Crippen LogP contribution in [0.3, 0.4) is 0 Å². The van der Waals surface area contributed by atoms with Gasteiger partial charge < -0.3 is 10.5 Å². The number of carbonyl (C=O) groups excluding carboxylic acids is 2. The summed E-state index contributed by atoms with van der Waals surface area (Å²) in [6.07, 6.45) is 0.379. The summed E-state index contributed by atoms with van der Waals surface area (Å²) in [6.45, 7) is 1.61. The molecule has 5 nitrogen and oxygen atoms in total. The summed E-state index contributed by atoms with van der Waals surface area (Å²) in [5.74, 6) is -0.355. The minimum Gasteiger partial charge on any atom is -0.378 e. The lowest BCUT2D eigenvalue weighted by Gasteiger charge is -2.32. The molecule has 1 heterocycles. The van der Waals surface area contributed by atoms with Crippen LogP contribution in [0.5, 0.6) is 0 Å². The molecule has 19 heavy (non-hydrogen) atoms. The van der Waals surface area contributed by atoms with E-state index in [1.807, 2.05) is 30.3 Å². The van der Waals surface area contributed by atoms with Crippen LogP contribution in [0, 0.1) is 0 Å². The van der Waals surface area contributed by atoms with Gasteiger partial charge in [0.2, 0.25) is 5.91 Å². The molecule has 1 aromatic rings. The Kier molecular flexibility index (Phi) is 4.65. The van der Waals surface area contributed by atoms with Gasteiger partial charge in [0, 0.05) is 13.0 Å². The van der Waals surface area contributed by atoms with E-state index in [0.29, 0.717) is 19.6 Å². The summed E-state index contributed by atoms with van der Waals surface area (Å²) in [5, 5.41) is 0. The highest BCUT2D eigenvalue weighted by Crippen LogP contribution is 2.08. The Balaban J connectivity index is 1.92. The molecule has 0 aliphatic carbocycles. The zero-order valence-electron chi connectivity index (χ0n) is 10.7. The first kappa shape index (κ1) is 13.7. The first-order valence-corrected chi connectivity index (χ1v) is 6.33. The average Bonchev–Trinajstić information content (AvgIpc) is 2.40. The number of benzene rings is 1. The number of carbonyl (C=O) groups is 2. The molecule has 1 fully saturated rings. The van der Waals surface area contributed by atoms with Gasteiger partial charge in [-0.15, -0.1) is 0 Å². The minimum absolute atomic E-state index is 0.0827. The van der Waals surface area contributed by atoms with Gasteiger partial charge in [-0.25, -0.2) is 0 Å². The zero-order chi connectivity index (χ0) is 13.7. The van der Waals surface area contributed by atoms with Crippen LogP contribution in [0.25, 0.3) is 0 Å². The molecule has 5 heteroatoms. The Hall–Kier alpha value is -1.72. The fraction of sp³-hybridized carbons (Fsp3) is 0.429. The maximum absolute atomic E-state index is 12.0. The van der Waals surface area contributed by atoms with Crippen molar-refractivity contribution in [2.75, 3.05) is 26.3 Å². The van der Waals surface area contributed by atoms with Crippen molar-refractivity contribution in [3.63, 3.8) is 0 Å². The second kappa shape index (κ2) is 6.45. The van der Waals surface area contributed by atoms with Crippen molar-refractivity contribution in [2.24, 2.45) is 5.73 Å². The lowest BCUT2D eigenvalue weighted by Crippen LogP contribution is -2.53. The van der Waals surface area contributed by atoms with Crippen molar-refractivity contribution in [3.05, 3.63) is 35.9 Å². The van der Waals surface area contributed by atoms with Crippen molar-refractivity contribution in [1.82, 2.24) is 4.90 Å². The average molecular weight is 262 g/mol. The normalized spacial score (nSPS) is 20.1. The fourth-order valence-electron chi connectivity index (χ4n) is 2.20. The number of Topliss-reactive ketones (excluding diaryl/α,β-unsaturated/α-hetero) is 1. The van der Waals surface area contributed by atoms with Gasteiger partial charge in [0.25, 0.3) is 0 Å². The summed E-state index contributed by atoms with van der Waals surface area (Å²) in [6, 6.07) is 9.08. The Morgan fingerprint density at radius 3 is 2.74 bits per heavy atom. The Morgan fingerprint density at radius 2 is 2.05 bits per heavy atom. The molecule has 1 aliphatic rings. The lowest BCUT2D eigenvalue weighted by molar-refractivity contribution is -0.132. The first-order chi connectivity index (χ1) is 9.16. The molecular weight excluding hydrogens is 244 g/mol. The maximum Gasteiger partial charge on any atom is 0.237 e. The molecule has 2 rings (SSSR count). The van der Waals surface area contributed by atoms with Crippen LogP contribution in [0.2, 0.25) is 0 Å². The number of hydrogen-bond acceptors (Lipinski definition) is 4.